The Morgan fingerprint density at radius 2 is 2.07 bits per heavy atom. The molecule has 138 valence electrons. The van der Waals surface area contributed by atoms with Gasteiger partial charge in [-0.2, -0.15) is 10.4 Å². The number of nitrogens with zero attached hydrogens (tertiary/aromatic N) is 4. The van der Waals surface area contributed by atoms with Gasteiger partial charge >= 0.3 is 0 Å². The third-order valence-electron chi connectivity index (χ3n) is 4.54. The number of ether oxygens (including phenoxy) is 1. The molecule has 1 unspecified atom stereocenters. The molecule has 1 aromatic heterocycles. The molecule has 3 rings (SSSR count). The summed E-state index contributed by atoms with van der Waals surface area (Å²) in [6, 6.07) is 18.5. The average Bonchev–Trinajstić information content (AvgIpc) is 3.19. The normalized spacial score (nSPS) is 12.9. The first kappa shape index (κ1) is 19.1. The van der Waals surface area contributed by atoms with Gasteiger partial charge in [0.2, 0.25) is 0 Å². The second-order valence-electron chi connectivity index (χ2n) is 6.35. The summed E-state index contributed by atoms with van der Waals surface area (Å²) < 4.78 is 8.58. The highest BCUT2D eigenvalue weighted by atomic mass is 79.9. The van der Waals surface area contributed by atoms with E-state index in [1.54, 1.807) is 11.0 Å². The summed E-state index contributed by atoms with van der Waals surface area (Å²) in [6.45, 7) is 2.92. The summed E-state index contributed by atoms with van der Waals surface area (Å²) in [5, 5.41) is 14.5. The Hall–Kier alpha value is -2.65. The lowest BCUT2D eigenvalue weighted by Gasteiger charge is -2.29. The zero-order valence-corrected chi connectivity index (χ0v) is 16.8. The molecule has 5 nitrogen and oxygen atoms in total. The third-order valence-corrected chi connectivity index (χ3v) is 5.04. The summed E-state index contributed by atoms with van der Waals surface area (Å²) in [7, 11) is 0. The Labute approximate surface area is 167 Å². The van der Waals surface area contributed by atoms with Gasteiger partial charge in [0.25, 0.3) is 0 Å². The summed E-state index contributed by atoms with van der Waals surface area (Å²) in [5.41, 5.74) is 1.29. The largest absolute Gasteiger partial charge is 0.494 e. The smallest absolute Gasteiger partial charge is 0.137 e. The first-order valence-electron chi connectivity index (χ1n) is 8.87. The molecule has 1 atom stereocenters. The van der Waals surface area contributed by atoms with Gasteiger partial charge in [-0.25, -0.2) is 4.98 Å². The van der Waals surface area contributed by atoms with Crippen LogP contribution >= 0.6 is 15.9 Å². The Kier molecular flexibility index (Phi) is 6.25. The number of benzene rings is 2. The molecule has 0 fully saturated rings. The minimum Gasteiger partial charge on any atom is -0.494 e. The van der Waals surface area contributed by atoms with E-state index in [1.807, 2.05) is 43.3 Å². The second-order valence-corrected chi connectivity index (χ2v) is 7.26. The molecular weight excluding hydrogens is 404 g/mol. The van der Waals surface area contributed by atoms with Crippen LogP contribution < -0.4 is 4.74 Å². The molecule has 3 aromatic rings. The topological polar surface area (TPSA) is 63.7 Å². The van der Waals surface area contributed by atoms with E-state index >= 15 is 0 Å². The van der Waals surface area contributed by atoms with Gasteiger partial charge in [0, 0.05) is 10.0 Å². The maximum Gasteiger partial charge on any atom is 0.137 e. The monoisotopic (exact) mass is 424 g/mol. The van der Waals surface area contributed by atoms with Crippen LogP contribution in [0.5, 0.6) is 5.75 Å². The SMILES string of the molecule is CCOc1ccccc1C(C#N)(CCc1cccc(Br)c1)Cn1cncn1. The summed E-state index contributed by atoms with van der Waals surface area (Å²) in [4.78, 5) is 4.03. The predicted octanol–water partition coefficient (Wildman–Crippen LogP) is 4.53. The summed E-state index contributed by atoms with van der Waals surface area (Å²) in [5.74, 6) is 0.746. The van der Waals surface area contributed by atoms with Crippen LogP contribution in [0.2, 0.25) is 0 Å². The van der Waals surface area contributed by atoms with Gasteiger partial charge < -0.3 is 4.74 Å². The van der Waals surface area contributed by atoms with E-state index in [0.717, 1.165) is 22.2 Å². The quantitative estimate of drug-likeness (QED) is 0.532. The highest BCUT2D eigenvalue weighted by Crippen LogP contribution is 2.37. The Morgan fingerprint density at radius 1 is 1.22 bits per heavy atom. The highest BCUT2D eigenvalue weighted by molar-refractivity contribution is 9.10. The fourth-order valence-corrected chi connectivity index (χ4v) is 3.68. The van der Waals surface area contributed by atoms with Crippen molar-refractivity contribution in [1.29, 1.82) is 5.26 Å². The van der Waals surface area contributed by atoms with Crippen LogP contribution in [-0.4, -0.2) is 21.4 Å². The van der Waals surface area contributed by atoms with Gasteiger partial charge in [-0.05, 0) is 43.5 Å². The van der Waals surface area contributed by atoms with Crippen LogP contribution in [0.25, 0.3) is 0 Å². The first-order chi connectivity index (χ1) is 13.2. The van der Waals surface area contributed by atoms with Crippen LogP contribution in [0.4, 0.5) is 0 Å². The lowest BCUT2D eigenvalue weighted by molar-refractivity contribution is 0.319. The van der Waals surface area contributed by atoms with Crippen LogP contribution in [-0.2, 0) is 18.4 Å². The second kappa shape index (κ2) is 8.83. The molecule has 0 aliphatic carbocycles. The maximum atomic E-state index is 10.3. The number of hydrogen-bond acceptors (Lipinski definition) is 4. The van der Waals surface area contributed by atoms with Gasteiger partial charge in [0.15, 0.2) is 0 Å². The molecule has 27 heavy (non-hydrogen) atoms. The molecule has 0 radical (unpaired) electrons. The highest BCUT2D eigenvalue weighted by Gasteiger charge is 2.36. The van der Waals surface area contributed by atoms with E-state index in [4.69, 9.17) is 4.74 Å². The van der Waals surface area contributed by atoms with Gasteiger partial charge in [0.1, 0.15) is 23.8 Å². The van der Waals surface area contributed by atoms with Gasteiger partial charge in [-0.15, -0.1) is 0 Å². The van der Waals surface area contributed by atoms with E-state index in [2.05, 4.69) is 44.2 Å². The third kappa shape index (κ3) is 4.55. The molecule has 0 aliphatic rings. The molecule has 2 aromatic carbocycles. The van der Waals surface area contributed by atoms with E-state index in [0.29, 0.717) is 19.6 Å². The standard InChI is InChI=1S/C21H21BrN4O/c1-2-27-20-9-4-3-8-19(20)21(13-23,14-26-16-24-15-25-26)11-10-17-6-5-7-18(22)12-17/h3-9,12,15-16H,2,10-11,14H2,1H3. The molecule has 0 spiro atoms. The van der Waals surface area contributed by atoms with Crippen molar-refractivity contribution in [1.82, 2.24) is 14.8 Å². The van der Waals surface area contributed by atoms with Crippen molar-refractivity contribution in [2.75, 3.05) is 6.61 Å². The van der Waals surface area contributed by atoms with E-state index in [1.165, 1.54) is 11.9 Å². The molecule has 0 N–H and O–H groups in total. The van der Waals surface area contributed by atoms with Crippen molar-refractivity contribution in [2.24, 2.45) is 0 Å². The molecular formula is C21H21BrN4O. The molecule has 0 amide bonds. The minimum atomic E-state index is -0.776. The Morgan fingerprint density at radius 3 is 2.78 bits per heavy atom. The van der Waals surface area contributed by atoms with Crippen molar-refractivity contribution < 1.29 is 4.74 Å². The van der Waals surface area contributed by atoms with Crippen LogP contribution in [0.15, 0.2) is 65.7 Å². The molecule has 6 heteroatoms. The fourth-order valence-electron chi connectivity index (χ4n) is 3.23. The number of para-hydroxylation sites is 1. The number of rotatable bonds is 8. The van der Waals surface area contributed by atoms with Crippen molar-refractivity contribution in [2.45, 2.75) is 31.7 Å². The maximum absolute atomic E-state index is 10.3. The van der Waals surface area contributed by atoms with Gasteiger partial charge in [0.05, 0.1) is 19.2 Å². The van der Waals surface area contributed by atoms with E-state index < -0.39 is 5.41 Å². The van der Waals surface area contributed by atoms with Crippen LogP contribution in [0, 0.1) is 11.3 Å². The lowest BCUT2D eigenvalue weighted by Crippen LogP contribution is -2.32. The first-order valence-corrected chi connectivity index (χ1v) is 9.66. The zero-order valence-electron chi connectivity index (χ0n) is 15.2. The van der Waals surface area contributed by atoms with Gasteiger partial charge in [-0.3, -0.25) is 4.68 Å². The molecule has 1 heterocycles. The predicted molar refractivity (Wildman–Crippen MR) is 107 cm³/mol. The number of aryl methyl sites for hydroxylation is 1. The summed E-state index contributed by atoms with van der Waals surface area (Å²) >= 11 is 3.52. The van der Waals surface area contributed by atoms with Crippen LogP contribution in [0.3, 0.4) is 0 Å². The molecule has 0 aliphatic heterocycles. The van der Waals surface area contributed by atoms with E-state index in [9.17, 15) is 5.26 Å². The number of halogens is 1. The van der Waals surface area contributed by atoms with Crippen molar-refractivity contribution in [3.8, 4) is 11.8 Å². The molecule has 0 saturated carbocycles. The molecule has 0 saturated heterocycles. The van der Waals surface area contributed by atoms with Crippen molar-refractivity contribution in [3.05, 3.63) is 76.8 Å². The number of hydrogen-bond donors (Lipinski definition) is 0. The van der Waals surface area contributed by atoms with Gasteiger partial charge in [-0.1, -0.05) is 46.3 Å². The Bertz CT molecular complexity index is 920. The van der Waals surface area contributed by atoms with E-state index in [-0.39, 0.29) is 0 Å². The zero-order chi connectivity index (χ0) is 19.1. The fraction of sp³-hybridized carbons (Fsp3) is 0.286. The van der Waals surface area contributed by atoms with Crippen molar-refractivity contribution in [3.63, 3.8) is 0 Å². The number of aromatic nitrogens is 3. The minimum absolute atomic E-state index is 0.418. The van der Waals surface area contributed by atoms with Crippen LogP contribution in [0.1, 0.15) is 24.5 Å². The van der Waals surface area contributed by atoms with Crippen molar-refractivity contribution >= 4 is 15.9 Å². The number of nitriles is 1. The Balaban J connectivity index is 1.99. The summed E-state index contributed by atoms with van der Waals surface area (Å²) in [6.07, 6.45) is 4.55. The lowest BCUT2D eigenvalue weighted by atomic mass is 9.76. The molecule has 0 bridgehead atoms. The average molecular weight is 425 g/mol.